The molecule has 2 atom stereocenters. The van der Waals surface area contributed by atoms with Gasteiger partial charge in [0.05, 0.1) is 11.0 Å². The van der Waals surface area contributed by atoms with Gasteiger partial charge in [0, 0.05) is 6.04 Å². The van der Waals surface area contributed by atoms with Crippen LogP contribution in [0.25, 0.3) is 0 Å². The molecule has 4 heteroatoms. The number of nitrogens with one attached hydrogen (secondary N) is 1. The number of hydrogen-bond donors (Lipinski definition) is 1. The van der Waals surface area contributed by atoms with Crippen molar-refractivity contribution >= 4 is 31.9 Å². The van der Waals surface area contributed by atoms with Crippen LogP contribution in [0.1, 0.15) is 38.4 Å². The largest absolute Gasteiger partial charge is 0.452 e. The first-order chi connectivity index (χ1) is 7.66. The Balaban J connectivity index is 1.86. The van der Waals surface area contributed by atoms with Gasteiger partial charge in [0.2, 0.25) is 0 Å². The maximum atomic E-state index is 5.55. The fourth-order valence-electron chi connectivity index (χ4n) is 2.33. The predicted molar refractivity (Wildman–Crippen MR) is 72.4 cm³/mol. The van der Waals surface area contributed by atoms with Crippen molar-refractivity contribution in [1.82, 2.24) is 5.32 Å². The Hall–Kier alpha value is 0.200. The second-order valence-corrected chi connectivity index (χ2v) is 6.16. The van der Waals surface area contributed by atoms with Gasteiger partial charge in [-0.2, -0.15) is 0 Å². The minimum Gasteiger partial charge on any atom is -0.452 e. The zero-order valence-corrected chi connectivity index (χ0v) is 12.6. The standard InChI is InChI=1S/C12H17Br2NO/c1-8-4-2-3-5-11(8)15-7-9-6-10(13)12(14)16-9/h6,8,11,15H,2-5,7H2,1H3. The lowest BCUT2D eigenvalue weighted by Gasteiger charge is -2.29. The van der Waals surface area contributed by atoms with E-state index in [-0.39, 0.29) is 0 Å². The van der Waals surface area contributed by atoms with E-state index >= 15 is 0 Å². The molecule has 16 heavy (non-hydrogen) atoms. The summed E-state index contributed by atoms with van der Waals surface area (Å²) in [6.07, 6.45) is 5.39. The van der Waals surface area contributed by atoms with Gasteiger partial charge in [0.25, 0.3) is 0 Å². The van der Waals surface area contributed by atoms with Gasteiger partial charge in [-0.05, 0) is 56.7 Å². The van der Waals surface area contributed by atoms with Crippen LogP contribution in [0.3, 0.4) is 0 Å². The monoisotopic (exact) mass is 349 g/mol. The third-order valence-corrected chi connectivity index (χ3v) is 5.06. The molecule has 0 spiro atoms. The van der Waals surface area contributed by atoms with Gasteiger partial charge in [0.1, 0.15) is 5.76 Å². The molecule has 1 fully saturated rings. The van der Waals surface area contributed by atoms with Crippen molar-refractivity contribution in [1.29, 1.82) is 0 Å². The third kappa shape index (κ3) is 3.11. The summed E-state index contributed by atoms with van der Waals surface area (Å²) in [7, 11) is 0. The van der Waals surface area contributed by atoms with Crippen LogP contribution in [-0.4, -0.2) is 6.04 Å². The molecule has 1 aliphatic carbocycles. The summed E-state index contributed by atoms with van der Waals surface area (Å²) in [6.45, 7) is 3.16. The van der Waals surface area contributed by atoms with E-state index in [1.54, 1.807) is 0 Å². The summed E-state index contributed by atoms with van der Waals surface area (Å²) < 4.78 is 7.31. The first-order valence-corrected chi connectivity index (χ1v) is 7.42. The fraction of sp³-hybridized carbons (Fsp3) is 0.667. The molecular formula is C12H17Br2NO. The summed E-state index contributed by atoms with van der Waals surface area (Å²) in [5, 5.41) is 3.59. The van der Waals surface area contributed by atoms with Crippen LogP contribution in [0.4, 0.5) is 0 Å². The molecule has 2 unspecified atom stereocenters. The molecule has 0 saturated heterocycles. The van der Waals surface area contributed by atoms with E-state index in [0.29, 0.717) is 6.04 Å². The molecule has 0 aliphatic heterocycles. The van der Waals surface area contributed by atoms with Crippen LogP contribution >= 0.6 is 31.9 Å². The molecule has 1 saturated carbocycles. The van der Waals surface area contributed by atoms with Crippen LogP contribution in [0, 0.1) is 5.92 Å². The Morgan fingerprint density at radius 3 is 2.75 bits per heavy atom. The van der Waals surface area contributed by atoms with Crippen molar-refractivity contribution in [3.63, 3.8) is 0 Å². The minimum atomic E-state index is 0.649. The third-order valence-electron chi connectivity index (χ3n) is 3.35. The topological polar surface area (TPSA) is 25.2 Å². The highest BCUT2D eigenvalue weighted by Gasteiger charge is 2.20. The highest BCUT2D eigenvalue weighted by Crippen LogP contribution is 2.28. The van der Waals surface area contributed by atoms with E-state index in [1.807, 2.05) is 6.07 Å². The van der Waals surface area contributed by atoms with E-state index in [2.05, 4.69) is 44.1 Å². The molecule has 0 bridgehead atoms. The Bertz CT molecular complexity index is 331. The van der Waals surface area contributed by atoms with Gasteiger partial charge >= 0.3 is 0 Å². The van der Waals surface area contributed by atoms with E-state index in [9.17, 15) is 0 Å². The zero-order valence-electron chi connectivity index (χ0n) is 9.43. The van der Waals surface area contributed by atoms with Gasteiger partial charge in [-0.25, -0.2) is 0 Å². The Labute approximate surface area is 113 Å². The van der Waals surface area contributed by atoms with Crippen LogP contribution in [0.5, 0.6) is 0 Å². The van der Waals surface area contributed by atoms with Gasteiger partial charge in [-0.3, -0.25) is 0 Å². The average Bonchev–Trinajstić information content (AvgIpc) is 2.57. The van der Waals surface area contributed by atoms with Crippen molar-refractivity contribution < 1.29 is 4.42 Å². The number of rotatable bonds is 3. The second kappa shape index (κ2) is 5.69. The maximum Gasteiger partial charge on any atom is 0.183 e. The molecule has 90 valence electrons. The van der Waals surface area contributed by atoms with E-state index in [0.717, 1.165) is 27.4 Å². The first-order valence-electron chi connectivity index (χ1n) is 5.84. The normalized spacial score (nSPS) is 25.9. The van der Waals surface area contributed by atoms with E-state index < -0.39 is 0 Å². The van der Waals surface area contributed by atoms with Gasteiger partial charge in [-0.15, -0.1) is 0 Å². The van der Waals surface area contributed by atoms with Crippen molar-refractivity contribution in [3.8, 4) is 0 Å². The molecule has 2 nitrogen and oxygen atoms in total. The molecule has 2 rings (SSSR count). The van der Waals surface area contributed by atoms with Crippen LogP contribution in [0.2, 0.25) is 0 Å². The van der Waals surface area contributed by atoms with Crippen molar-refractivity contribution in [2.75, 3.05) is 0 Å². The zero-order chi connectivity index (χ0) is 11.5. The fourth-order valence-corrected chi connectivity index (χ4v) is 2.99. The highest BCUT2D eigenvalue weighted by atomic mass is 79.9. The SMILES string of the molecule is CC1CCCCC1NCc1cc(Br)c(Br)o1. The average molecular weight is 351 g/mol. The summed E-state index contributed by atoms with van der Waals surface area (Å²) in [5.74, 6) is 1.77. The number of hydrogen-bond acceptors (Lipinski definition) is 2. The Kier molecular flexibility index (Phi) is 4.50. The van der Waals surface area contributed by atoms with Crippen molar-refractivity contribution in [2.24, 2.45) is 5.92 Å². The Morgan fingerprint density at radius 2 is 2.12 bits per heavy atom. The summed E-state index contributed by atoms with van der Waals surface area (Å²) in [5.41, 5.74) is 0. The minimum absolute atomic E-state index is 0.649. The van der Waals surface area contributed by atoms with E-state index in [1.165, 1.54) is 25.7 Å². The van der Waals surface area contributed by atoms with Crippen LogP contribution in [0.15, 0.2) is 19.6 Å². The number of halogens is 2. The maximum absolute atomic E-state index is 5.55. The summed E-state index contributed by atoms with van der Waals surface area (Å²) in [4.78, 5) is 0. The Morgan fingerprint density at radius 1 is 1.38 bits per heavy atom. The summed E-state index contributed by atoms with van der Waals surface area (Å²) >= 11 is 6.78. The molecule has 0 aromatic carbocycles. The van der Waals surface area contributed by atoms with Gasteiger partial charge in [0.15, 0.2) is 4.67 Å². The smallest absolute Gasteiger partial charge is 0.183 e. The molecule has 1 aliphatic rings. The summed E-state index contributed by atoms with van der Waals surface area (Å²) in [6, 6.07) is 2.67. The van der Waals surface area contributed by atoms with E-state index in [4.69, 9.17) is 4.42 Å². The van der Waals surface area contributed by atoms with Gasteiger partial charge in [-0.1, -0.05) is 19.8 Å². The quantitative estimate of drug-likeness (QED) is 0.869. The van der Waals surface area contributed by atoms with Crippen LogP contribution < -0.4 is 5.32 Å². The molecule has 0 amide bonds. The molecule has 0 radical (unpaired) electrons. The van der Waals surface area contributed by atoms with Gasteiger partial charge < -0.3 is 9.73 Å². The van der Waals surface area contributed by atoms with Crippen LogP contribution in [-0.2, 0) is 6.54 Å². The molecule has 1 aromatic rings. The second-order valence-electron chi connectivity index (χ2n) is 4.58. The molecule has 1 aromatic heterocycles. The highest BCUT2D eigenvalue weighted by molar-refractivity contribution is 9.13. The lowest BCUT2D eigenvalue weighted by molar-refractivity contribution is 0.272. The van der Waals surface area contributed by atoms with Crippen molar-refractivity contribution in [3.05, 3.63) is 21.0 Å². The lowest BCUT2D eigenvalue weighted by Crippen LogP contribution is -2.36. The van der Waals surface area contributed by atoms with Crippen molar-refractivity contribution in [2.45, 2.75) is 45.2 Å². The molecule has 1 N–H and O–H groups in total. The number of furan rings is 1. The molecular weight excluding hydrogens is 334 g/mol. The predicted octanol–water partition coefficient (Wildman–Crippen LogP) is 4.47. The molecule has 1 heterocycles. The lowest BCUT2D eigenvalue weighted by atomic mass is 9.86. The first kappa shape index (κ1) is 12.7.